The van der Waals surface area contributed by atoms with E-state index in [2.05, 4.69) is 0 Å². The third kappa shape index (κ3) is 3.32. The van der Waals surface area contributed by atoms with E-state index in [1.165, 1.54) is 7.05 Å². The average molecular weight is 358 g/mol. The van der Waals surface area contributed by atoms with Gasteiger partial charge in [-0.25, -0.2) is 8.42 Å². The maximum Gasteiger partial charge on any atom is 0.243 e. The number of anilines is 1. The van der Waals surface area contributed by atoms with Crippen LogP contribution in [0.2, 0.25) is 0 Å². The Bertz CT molecular complexity index is 891. The van der Waals surface area contributed by atoms with Crippen LogP contribution < -0.4 is 4.90 Å². The van der Waals surface area contributed by atoms with E-state index in [0.29, 0.717) is 0 Å². The van der Waals surface area contributed by atoms with E-state index >= 15 is 0 Å². The number of carbonyl (C=O) groups is 1. The molecule has 0 N–H and O–H groups in total. The number of nitrogens with zero attached hydrogens (tertiary/aromatic N) is 2. The summed E-state index contributed by atoms with van der Waals surface area (Å²) in [7, 11) is -2.25. The van der Waals surface area contributed by atoms with Gasteiger partial charge in [-0.05, 0) is 44.0 Å². The number of rotatable bonds is 4. The van der Waals surface area contributed by atoms with Crippen molar-refractivity contribution in [2.45, 2.75) is 31.2 Å². The number of sulfonamides is 1. The first-order valence-electron chi connectivity index (χ1n) is 8.23. The standard InChI is InChI=1S/C19H22N2O3S/c1-14-8-10-17(11-9-14)25(23,24)20(3)13-19(22)21-15(2)12-16-6-4-5-7-18(16)21/h4-11,15H,12-13H2,1-3H3/t15-/m0/s1. The van der Waals surface area contributed by atoms with Crippen molar-refractivity contribution in [3.8, 4) is 0 Å². The van der Waals surface area contributed by atoms with E-state index in [4.69, 9.17) is 0 Å². The van der Waals surface area contributed by atoms with E-state index in [0.717, 1.165) is 27.5 Å². The van der Waals surface area contributed by atoms with Crippen molar-refractivity contribution in [1.29, 1.82) is 0 Å². The van der Waals surface area contributed by atoms with Crippen LogP contribution in [0.25, 0.3) is 0 Å². The number of amides is 1. The number of hydrogen-bond acceptors (Lipinski definition) is 3. The lowest BCUT2D eigenvalue weighted by Crippen LogP contribution is -2.43. The molecule has 25 heavy (non-hydrogen) atoms. The first kappa shape index (κ1) is 17.6. The largest absolute Gasteiger partial charge is 0.308 e. The molecule has 0 fully saturated rings. The highest BCUT2D eigenvalue weighted by Gasteiger charge is 2.33. The molecule has 5 nitrogen and oxygen atoms in total. The minimum absolute atomic E-state index is 0.0281. The van der Waals surface area contributed by atoms with Gasteiger partial charge < -0.3 is 4.90 Å². The molecule has 0 aromatic heterocycles. The number of hydrogen-bond donors (Lipinski definition) is 0. The van der Waals surface area contributed by atoms with Gasteiger partial charge in [-0.3, -0.25) is 4.79 Å². The van der Waals surface area contributed by atoms with Gasteiger partial charge in [-0.15, -0.1) is 0 Å². The summed E-state index contributed by atoms with van der Waals surface area (Å²) in [6.07, 6.45) is 0.788. The van der Waals surface area contributed by atoms with Crippen molar-refractivity contribution in [3.05, 3.63) is 59.7 Å². The summed E-state index contributed by atoms with van der Waals surface area (Å²) in [5.74, 6) is -0.212. The van der Waals surface area contributed by atoms with E-state index in [-0.39, 0.29) is 23.4 Å². The Morgan fingerprint density at radius 2 is 1.80 bits per heavy atom. The summed E-state index contributed by atoms with van der Waals surface area (Å²) in [6.45, 7) is 3.69. The highest BCUT2D eigenvalue weighted by molar-refractivity contribution is 7.89. The summed E-state index contributed by atoms with van der Waals surface area (Å²) >= 11 is 0. The molecule has 0 unspecified atom stereocenters. The fourth-order valence-electron chi connectivity index (χ4n) is 3.19. The summed E-state index contributed by atoms with van der Waals surface area (Å²) in [6, 6.07) is 14.4. The molecule has 0 spiro atoms. The van der Waals surface area contributed by atoms with Crippen LogP contribution in [0.1, 0.15) is 18.1 Å². The molecular formula is C19H22N2O3S. The van der Waals surface area contributed by atoms with E-state index in [1.54, 1.807) is 29.2 Å². The Hall–Kier alpha value is -2.18. The molecule has 0 saturated carbocycles. The predicted molar refractivity (Wildman–Crippen MR) is 98.1 cm³/mol. The molecular weight excluding hydrogens is 336 g/mol. The quantitative estimate of drug-likeness (QED) is 0.844. The molecule has 1 amide bonds. The van der Waals surface area contributed by atoms with Crippen LogP contribution in [0.3, 0.4) is 0 Å². The van der Waals surface area contributed by atoms with Gasteiger partial charge in [0.25, 0.3) is 0 Å². The third-order valence-corrected chi connectivity index (χ3v) is 6.38. The summed E-state index contributed by atoms with van der Waals surface area (Å²) in [4.78, 5) is 14.7. The minimum atomic E-state index is -3.69. The fraction of sp³-hybridized carbons (Fsp3) is 0.316. The molecule has 0 saturated heterocycles. The Morgan fingerprint density at radius 1 is 1.16 bits per heavy atom. The van der Waals surface area contributed by atoms with Crippen molar-refractivity contribution in [3.63, 3.8) is 0 Å². The molecule has 132 valence electrons. The monoisotopic (exact) mass is 358 g/mol. The van der Waals surface area contributed by atoms with Crippen LogP contribution in [0.4, 0.5) is 5.69 Å². The zero-order valence-corrected chi connectivity index (χ0v) is 15.5. The topological polar surface area (TPSA) is 57.7 Å². The SMILES string of the molecule is Cc1ccc(S(=O)(=O)N(C)CC(=O)N2c3ccccc3C[C@@H]2C)cc1. The van der Waals surface area contributed by atoms with Gasteiger partial charge in [0.1, 0.15) is 0 Å². The molecule has 6 heteroatoms. The third-order valence-electron chi connectivity index (χ3n) is 4.56. The molecule has 0 radical (unpaired) electrons. The maximum atomic E-state index is 12.8. The molecule has 1 heterocycles. The Morgan fingerprint density at radius 3 is 2.48 bits per heavy atom. The van der Waals surface area contributed by atoms with Crippen LogP contribution in [-0.4, -0.2) is 38.3 Å². The Balaban J connectivity index is 1.80. The minimum Gasteiger partial charge on any atom is -0.308 e. The number of benzene rings is 2. The molecule has 2 aromatic rings. The maximum absolute atomic E-state index is 12.8. The van der Waals surface area contributed by atoms with Gasteiger partial charge in [0.15, 0.2) is 0 Å². The molecule has 1 aliphatic rings. The van der Waals surface area contributed by atoms with Crippen LogP contribution in [0, 0.1) is 6.92 Å². The zero-order valence-electron chi connectivity index (χ0n) is 14.6. The van der Waals surface area contributed by atoms with Crippen LogP contribution in [0.5, 0.6) is 0 Å². The fourth-order valence-corrected chi connectivity index (χ4v) is 4.31. The molecule has 1 aliphatic heterocycles. The van der Waals surface area contributed by atoms with Gasteiger partial charge >= 0.3 is 0 Å². The summed E-state index contributed by atoms with van der Waals surface area (Å²) in [5.41, 5.74) is 2.98. The van der Waals surface area contributed by atoms with E-state index in [9.17, 15) is 13.2 Å². The average Bonchev–Trinajstić information content (AvgIpc) is 2.90. The van der Waals surface area contributed by atoms with Crippen molar-refractivity contribution in [2.24, 2.45) is 0 Å². The molecule has 1 atom stereocenters. The lowest BCUT2D eigenvalue weighted by atomic mass is 10.1. The Kier molecular flexibility index (Phi) is 4.67. The highest BCUT2D eigenvalue weighted by atomic mass is 32.2. The smallest absolute Gasteiger partial charge is 0.243 e. The second-order valence-corrected chi connectivity index (χ2v) is 8.56. The highest BCUT2D eigenvalue weighted by Crippen LogP contribution is 2.32. The summed E-state index contributed by atoms with van der Waals surface area (Å²) < 4.78 is 26.5. The first-order chi connectivity index (χ1) is 11.8. The number of likely N-dealkylation sites (N-methyl/N-ethyl adjacent to an activating group) is 1. The molecule has 2 aromatic carbocycles. The first-order valence-corrected chi connectivity index (χ1v) is 9.67. The van der Waals surface area contributed by atoms with Crippen LogP contribution in [0.15, 0.2) is 53.4 Å². The Labute approximate surface area is 148 Å². The lowest BCUT2D eigenvalue weighted by Gasteiger charge is -2.25. The number of fused-ring (bicyclic) bond motifs is 1. The molecule has 3 rings (SSSR count). The van der Waals surface area contributed by atoms with Crippen molar-refractivity contribution < 1.29 is 13.2 Å². The van der Waals surface area contributed by atoms with Crippen molar-refractivity contribution in [1.82, 2.24) is 4.31 Å². The zero-order chi connectivity index (χ0) is 18.2. The van der Waals surface area contributed by atoms with Gasteiger partial charge in [-0.2, -0.15) is 4.31 Å². The van der Waals surface area contributed by atoms with Gasteiger partial charge in [0, 0.05) is 18.8 Å². The second-order valence-electron chi connectivity index (χ2n) is 6.52. The second kappa shape index (κ2) is 6.61. The predicted octanol–water partition coefficient (Wildman–Crippen LogP) is 2.59. The number of para-hydroxylation sites is 1. The van der Waals surface area contributed by atoms with Crippen molar-refractivity contribution >= 4 is 21.6 Å². The summed E-state index contributed by atoms with van der Waals surface area (Å²) in [5, 5.41) is 0. The normalized spacial score (nSPS) is 17.0. The lowest BCUT2D eigenvalue weighted by molar-refractivity contribution is -0.118. The van der Waals surface area contributed by atoms with Crippen LogP contribution >= 0.6 is 0 Å². The molecule has 0 bridgehead atoms. The van der Waals surface area contributed by atoms with Gasteiger partial charge in [-0.1, -0.05) is 35.9 Å². The van der Waals surface area contributed by atoms with Crippen LogP contribution in [-0.2, 0) is 21.2 Å². The van der Waals surface area contributed by atoms with Crippen molar-refractivity contribution in [2.75, 3.05) is 18.5 Å². The van der Waals surface area contributed by atoms with E-state index < -0.39 is 10.0 Å². The number of aryl methyl sites for hydroxylation is 1. The van der Waals surface area contributed by atoms with Gasteiger partial charge in [0.05, 0.1) is 11.4 Å². The van der Waals surface area contributed by atoms with E-state index in [1.807, 2.05) is 38.1 Å². The number of carbonyl (C=O) groups excluding carboxylic acids is 1. The van der Waals surface area contributed by atoms with Gasteiger partial charge in [0.2, 0.25) is 15.9 Å². The molecule has 0 aliphatic carbocycles.